The van der Waals surface area contributed by atoms with E-state index in [2.05, 4.69) is 38.7 Å². The van der Waals surface area contributed by atoms with E-state index >= 15 is 0 Å². The Morgan fingerprint density at radius 3 is 2.15 bits per heavy atom. The van der Waals surface area contributed by atoms with E-state index in [1.54, 1.807) is 0 Å². The van der Waals surface area contributed by atoms with Gasteiger partial charge < -0.3 is 5.73 Å². The summed E-state index contributed by atoms with van der Waals surface area (Å²) in [6, 6.07) is 0.616. The van der Waals surface area contributed by atoms with Crippen molar-refractivity contribution in [2.24, 2.45) is 11.7 Å². The molecule has 0 saturated heterocycles. The summed E-state index contributed by atoms with van der Waals surface area (Å²) in [5.41, 5.74) is 5.39. The molecule has 2 N–H and O–H groups in total. The molecule has 0 aromatic rings. The number of hydrogen-bond acceptors (Lipinski definition) is 2. The fourth-order valence-electron chi connectivity index (χ4n) is 1.27. The molecule has 2 nitrogen and oxygen atoms in total. The Labute approximate surface area is 82.8 Å². The Morgan fingerprint density at radius 1 is 1.15 bits per heavy atom. The summed E-state index contributed by atoms with van der Waals surface area (Å²) < 4.78 is 0. The lowest BCUT2D eigenvalue weighted by Crippen LogP contribution is -2.34. The van der Waals surface area contributed by atoms with E-state index < -0.39 is 0 Å². The number of nitrogens with zero attached hydrogens (tertiary/aromatic N) is 1. The molecule has 2 heteroatoms. The fourth-order valence-corrected chi connectivity index (χ4v) is 1.27. The highest BCUT2D eigenvalue weighted by molar-refractivity contribution is 4.86. The largest absolute Gasteiger partial charge is 0.327 e. The predicted molar refractivity (Wildman–Crippen MR) is 59.7 cm³/mol. The van der Waals surface area contributed by atoms with Gasteiger partial charge in [0.25, 0.3) is 0 Å². The average molecular weight is 184 g/mol. The summed E-state index contributed by atoms with van der Waals surface area (Å²) >= 11 is 0. The van der Waals surface area contributed by atoms with Gasteiger partial charge in [0.05, 0.1) is 0 Å². The normalized spacial score (nSPS) is 12.6. The van der Waals surface area contributed by atoms with Crippen molar-refractivity contribution >= 4 is 0 Å². The zero-order valence-corrected chi connectivity index (χ0v) is 9.46. The summed E-state index contributed by atoms with van der Waals surface area (Å²) in [6.45, 7) is 11.8. The molecular weight excluding hydrogens is 160 g/mol. The molecule has 0 saturated carbocycles. The predicted octanol–water partition coefficient (Wildman–Crippen LogP) is 1.87. The first-order valence-electron chi connectivity index (χ1n) is 5.17. The van der Waals surface area contributed by atoms with Crippen molar-refractivity contribution < 1.29 is 0 Å². The SMILES string of the molecule is CC(C)CN(CC=CCN)C(C)C. The van der Waals surface area contributed by atoms with Crippen LogP contribution in [0.4, 0.5) is 0 Å². The van der Waals surface area contributed by atoms with Crippen molar-refractivity contribution in [3.8, 4) is 0 Å². The van der Waals surface area contributed by atoms with E-state index in [9.17, 15) is 0 Å². The molecule has 0 aliphatic rings. The lowest BCUT2D eigenvalue weighted by molar-refractivity contribution is 0.219. The molecular formula is C11H24N2. The van der Waals surface area contributed by atoms with Crippen LogP contribution < -0.4 is 5.73 Å². The third-order valence-corrected chi connectivity index (χ3v) is 1.97. The van der Waals surface area contributed by atoms with Gasteiger partial charge in [-0.1, -0.05) is 26.0 Å². The highest BCUT2D eigenvalue weighted by Crippen LogP contribution is 2.03. The first kappa shape index (κ1) is 12.7. The third kappa shape index (κ3) is 6.79. The van der Waals surface area contributed by atoms with Crippen molar-refractivity contribution in [3.05, 3.63) is 12.2 Å². The Bertz CT molecular complexity index is 139. The van der Waals surface area contributed by atoms with Crippen molar-refractivity contribution in [2.75, 3.05) is 19.6 Å². The number of nitrogens with two attached hydrogens (primary N) is 1. The van der Waals surface area contributed by atoms with Crippen LogP contribution in [0.25, 0.3) is 0 Å². The minimum absolute atomic E-state index is 0.616. The van der Waals surface area contributed by atoms with Crippen molar-refractivity contribution in [1.82, 2.24) is 4.90 Å². The van der Waals surface area contributed by atoms with E-state index in [1.165, 1.54) is 0 Å². The minimum atomic E-state index is 0.616. The van der Waals surface area contributed by atoms with E-state index in [0.717, 1.165) is 19.0 Å². The molecule has 0 aromatic heterocycles. The molecule has 0 atom stereocenters. The fraction of sp³-hybridized carbons (Fsp3) is 0.818. The number of rotatable bonds is 6. The van der Waals surface area contributed by atoms with E-state index in [0.29, 0.717) is 12.6 Å². The first-order valence-corrected chi connectivity index (χ1v) is 5.17. The number of hydrogen-bond donors (Lipinski definition) is 1. The molecule has 0 unspecified atom stereocenters. The zero-order valence-electron chi connectivity index (χ0n) is 9.46. The summed E-state index contributed by atoms with van der Waals surface area (Å²) in [5.74, 6) is 0.730. The van der Waals surface area contributed by atoms with E-state index in [-0.39, 0.29) is 0 Å². The van der Waals surface area contributed by atoms with Crippen LogP contribution >= 0.6 is 0 Å². The van der Waals surface area contributed by atoms with Crippen LogP contribution in [0.1, 0.15) is 27.7 Å². The summed E-state index contributed by atoms with van der Waals surface area (Å²) in [4.78, 5) is 2.46. The van der Waals surface area contributed by atoms with Crippen molar-refractivity contribution in [2.45, 2.75) is 33.7 Å². The maximum Gasteiger partial charge on any atom is 0.0166 e. The minimum Gasteiger partial charge on any atom is -0.327 e. The van der Waals surface area contributed by atoms with Crippen LogP contribution in [0, 0.1) is 5.92 Å². The molecule has 0 rings (SSSR count). The highest BCUT2D eigenvalue weighted by atomic mass is 15.1. The standard InChI is InChI=1S/C11H24N2/c1-10(2)9-13(11(3)4)8-6-5-7-12/h5-6,10-11H,7-9,12H2,1-4H3. The van der Waals surface area contributed by atoms with Gasteiger partial charge in [0, 0.05) is 25.7 Å². The molecule has 13 heavy (non-hydrogen) atoms. The maximum atomic E-state index is 5.39. The van der Waals surface area contributed by atoms with Gasteiger partial charge >= 0.3 is 0 Å². The van der Waals surface area contributed by atoms with Gasteiger partial charge in [-0.2, -0.15) is 0 Å². The van der Waals surface area contributed by atoms with Gasteiger partial charge in [0.2, 0.25) is 0 Å². The van der Waals surface area contributed by atoms with Crippen molar-refractivity contribution in [1.29, 1.82) is 0 Å². The van der Waals surface area contributed by atoms with Gasteiger partial charge in [-0.15, -0.1) is 0 Å². The summed E-state index contributed by atoms with van der Waals surface area (Å²) in [5, 5.41) is 0. The average Bonchev–Trinajstić information content (AvgIpc) is 2.02. The summed E-state index contributed by atoms with van der Waals surface area (Å²) in [7, 11) is 0. The van der Waals surface area contributed by atoms with Gasteiger partial charge in [0.1, 0.15) is 0 Å². The Hall–Kier alpha value is -0.340. The molecule has 0 spiro atoms. The smallest absolute Gasteiger partial charge is 0.0166 e. The van der Waals surface area contributed by atoms with Gasteiger partial charge in [-0.25, -0.2) is 0 Å². The molecule has 0 amide bonds. The maximum absolute atomic E-state index is 5.39. The van der Waals surface area contributed by atoms with Crippen LogP contribution in [0.2, 0.25) is 0 Å². The van der Waals surface area contributed by atoms with Crippen LogP contribution in [0.5, 0.6) is 0 Å². The third-order valence-electron chi connectivity index (χ3n) is 1.97. The molecule has 0 aromatic carbocycles. The van der Waals surface area contributed by atoms with Crippen LogP contribution in [0.3, 0.4) is 0 Å². The molecule has 0 bridgehead atoms. The van der Waals surface area contributed by atoms with Crippen LogP contribution in [0.15, 0.2) is 12.2 Å². The van der Waals surface area contributed by atoms with Gasteiger partial charge in [-0.05, 0) is 19.8 Å². The van der Waals surface area contributed by atoms with E-state index in [4.69, 9.17) is 5.73 Å². The van der Waals surface area contributed by atoms with Crippen LogP contribution in [-0.2, 0) is 0 Å². The quantitative estimate of drug-likeness (QED) is 0.639. The topological polar surface area (TPSA) is 29.3 Å². The Balaban J connectivity index is 3.87. The van der Waals surface area contributed by atoms with Crippen molar-refractivity contribution in [3.63, 3.8) is 0 Å². The summed E-state index contributed by atoms with van der Waals surface area (Å²) in [6.07, 6.45) is 4.18. The highest BCUT2D eigenvalue weighted by Gasteiger charge is 2.08. The second-order valence-electron chi connectivity index (χ2n) is 4.15. The second-order valence-corrected chi connectivity index (χ2v) is 4.15. The molecule has 0 aliphatic carbocycles. The lowest BCUT2D eigenvalue weighted by Gasteiger charge is -2.26. The molecule has 0 heterocycles. The Morgan fingerprint density at radius 2 is 1.77 bits per heavy atom. The molecule has 0 fully saturated rings. The van der Waals surface area contributed by atoms with E-state index in [1.807, 2.05) is 6.08 Å². The molecule has 0 aliphatic heterocycles. The second kappa shape index (κ2) is 7.10. The monoisotopic (exact) mass is 184 g/mol. The van der Waals surface area contributed by atoms with Gasteiger partial charge in [0.15, 0.2) is 0 Å². The van der Waals surface area contributed by atoms with Gasteiger partial charge in [-0.3, -0.25) is 4.90 Å². The first-order chi connectivity index (χ1) is 6.07. The zero-order chi connectivity index (χ0) is 10.3. The Kier molecular flexibility index (Phi) is 6.92. The molecule has 0 radical (unpaired) electrons. The lowest BCUT2D eigenvalue weighted by atomic mass is 10.2. The van der Waals surface area contributed by atoms with Crippen LogP contribution in [-0.4, -0.2) is 30.6 Å². The molecule has 78 valence electrons.